The normalized spacial score (nSPS) is 42.4. The van der Waals surface area contributed by atoms with Crippen molar-refractivity contribution in [3.63, 3.8) is 0 Å². The van der Waals surface area contributed by atoms with Gasteiger partial charge in [0.15, 0.2) is 0 Å². The number of fused-ring (bicyclic) bond motifs is 1. The highest BCUT2D eigenvalue weighted by molar-refractivity contribution is 5.89. The van der Waals surface area contributed by atoms with Crippen molar-refractivity contribution in [1.82, 2.24) is 4.90 Å². The molecule has 2 heterocycles. The van der Waals surface area contributed by atoms with Gasteiger partial charge in [-0.2, -0.15) is 0 Å². The van der Waals surface area contributed by atoms with Gasteiger partial charge in [0.2, 0.25) is 0 Å². The Hall–Kier alpha value is -0.410. The predicted molar refractivity (Wildman–Crippen MR) is 47.3 cm³/mol. The molecule has 13 heavy (non-hydrogen) atoms. The van der Waals surface area contributed by atoms with Gasteiger partial charge < -0.3 is 5.11 Å². The number of rotatable bonds is 0. The summed E-state index contributed by atoms with van der Waals surface area (Å²) in [5.41, 5.74) is 0.0422. The van der Waals surface area contributed by atoms with Crippen molar-refractivity contribution in [1.29, 1.82) is 0 Å². The second kappa shape index (κ2) is 2.34. The van der Waals surface area contributed by atoms with Gasteiger partial charge in [-0.25, -0.2) is 0 Å². The second-order valence-corrected chi connectivity index (χ2v) is 4.80. The van der Waals surface area contributed by atoms with Crippen LogP contribution >= 0.6 is 0 Å². The third-order valence-electron chi connectivity index (χ3n) is 3.97. The first-order chi connectivity index (χ1) is 6.21. The molecule has 0 aromatic rings. The average molecular weight is 181 g/mol. The summed E-state index contributed by atoms with van der Waals surface area (Å²) in [5, 5.41) is 9.64. The first-order valence-electron chi connectivity index (χ1n) is 5.17. The van der Waals surface area contributed by atoms with Gasteiger partial charge in [-0.1, -0.05) is 0 Å². The Morgan fingerprint density at radius 3 is 2.92 bits per heavy atom. The molecule has 3 rings (SSSR count). The molecule has 1 spiro atoms. The van der Waals surface area contributed by atoms with E-state index in [1.54, 1.807) is 0 Å². The highest BCUT2D eigenvalue weighted by Gasteiger charge is 2.56. The summed E-state index contributed by atoms with van der Waals surface area (Å²) in [6.07, 6.45) is 3.38. The highest BCUT2D eigenvalue weighted by atomic mass is 16.3. The smallest absolute Gasteiger partial charge is 0.141 e. The number of hydrogen-bond acceptors (Lipinski definition) is 3. The van der Waals surface area contributed by atoms with Gasteiger partial charge in [0.25, 0.3) is 0 Å². The Morgan fingerprint density at radius 2 is 2.23 bits per heavy atom. The zero-order chi connectivity index (χ0) is 9.05. The molecule has 0 aromatic carbocycles. The van der Waals surface area contributed by atoms with E-state index in [4.69, 9.17) is 0 Å². The van der Waals surface area contributed by atoms with Crippen molar-refractivity contribution < 1.29 is 9.90 Å². The van der Waals surface area contributed by atoms with E-state index in [1.165, 1.54) is 0 Å². The molecular formula is C10H15NO2. The molecule has 72 valence electrons. The standard InChI is InChI=1S/C10H15NO2/c12-8-1-4-11-6-10(2-3-10)9(13)5-7(8)11/h7-8,12H,1-6H2/t7?,8-/m0/s1. The van der Waals surface area contributed by atoms with E-state index >= 15 is 0 Å². The molecule has 3 fully saturated rings. The van der Waals surface area contributed by atoms with Gasteiger partial charge in [0, 0.05) is 31.0 Å². The van der Waals surface area contributed by atoms with Crippen molar-refractivity contribution in [2.24, 2.45) is 5.41 Å². The number of ketones is 1. The SMILES string of the molecule is O=C1CC2[C@@H](O)CCN2CC12CC2. The lowest BCUT2D eigenvalue weighted by Gasteiger charge is -2.35. The van der Waals surface area contributed by atoms with Gasteiger partial charge in [-0.05, 0) is 19.3 Å². The Bertz CT molecular complexity index is 260. The van der Waals surface area contributed by atoms with Crippen LogP contribution in [0.2, 0.25) is 0 Å². The topological polar surface area (TPSA) is 40.5 Å². The van der Waals surface area contributed by atoms with E-state index < -0.39 is 0 Å². The lowest BCUT2D eigenvalue weighted by Crippen LogP contribution is -2.48. The van der Waals surface area contributed by atoms with Crippen molar-refractivity contribution in [2.75, 3.05) is 13.1 Å². The molecule has 1 aliphatic carbocycles. The van der Waals surface area contributed by atoms with Crippen LogP contribution in [0.3, 0.4) is 0 Å². The maximum atomic E-state index is 11.7. The van der Waals surface area contributed by atoms with E-state index in [2.05, 4.69) is 4.90 Å². The monoisotopic (exact) mass is 181 g/mol. The Balaban J connectivity index is 1.83. The van der Waals surface area contributed by atoms with E-state index in [0.717, 1.165) is 32.4 Å². The Kier molecular flexibility index (Phi) is 1.43. The van der Waals surface area contributed by atoms with Crippen LogP contribution in [-0.4, -0.2) is 41.0 Å². The van der Waals surface area contributed by atoms with E-state index in [0.29, 0.717) is 12.2 Å². The van der Waals surface area contributed by atoms with Crippen LogP contribution in [0.25, 0.3) is 0 Å². The summed E-state index contributed by atoms with van der Waals surface area (Å²) in [5.74, 6) is 0.412. The summed E-state index contributed by atoms with van der Waals surface area (Å²) in [6, 6.07) is 0.152. The largest absolute Gasteiger partial charge is 0.391 e. The highest BCUT2D eigenvalue weighted by Crippen LogP contribution is 2.51. The van der Waals surface area contributed by atoms with E-state index in [1.807, 2.05) is 0 Å². The summed E-state index contributed by atoms with van der Waals surface area (Å²) in [7, 11) is 0. The zero-order valence-corrected chi connectivity index (χ0v) is 7.70. The van der Waals surface area contributed by atoms with Crippen LogP contribution in [0.1, 0.15) is 25.7 Å². The first kappa shape index (κ1) is 7.94. The number of hydrogen-bond donors (Lipinski definition) is 1. The lowest BCUT2D eigenvalue weighted by atomic mass is 9.88. The minimum absolute atomic E-state index is 0.0422. The molecule has 2 saturated heterocycles. The number of piperidine rings is 1. The van der Waals surface area contributed by atoms with Crippen molar-refractivity contribution in [2.45, 2.75) is 37.8 Å². The number of carbonyl (C=O) groups is 1. The maximum Gasteiger partial charge on any atom is 0.141 e. The molecule has 1 saturated carbocycles. The second-order valence-electron chi connectivity index (χ2n) is 4.80. The number of aliphatic hydroxyl groups is 1. The Labute approximate surface area is 77.7 Å². The van der Waals surface area contributed by atoms with Crippen LogP contribution in [0, 0.1) is 5.41 Å². The minimum Gasteiger partial charge on any atom is -0.391 e. The molecule has 2 atom stereocenters. The molecule has 0 aromatic heterocycles. The third-order valence-corrected chi connectivity index (χ3v) is 3.97. The Morgan fingerprint density at radius 1 is 1.46 bits per heavy atom. The van der Waals surface area contributed by atoms with Gasteiger partial charge in [0.05, 0.1) is 6.10 Å². The predicted octanol–water partition coefficient (Wildman–Crippen LogP) is 0.175. The molecule has 0 amide bonds. The summed E-state index contributed by atoms with van der Waals surface area (Å²) in [4.78, 5) is 14.0. The zero-order valence-electron chi connectivity index (χ0n) is 7.70. The van der Waals surface area contributed by atoms with Crippen molar-refractivity contribution in [3.8, 4) is 0 Å². The fourth-order valence-electron chi connectivity index (χ4n) is 2.83. The van der Waals surface area contributed by atoms with Crippen molar-refractivity contribution in [3.05, 3.63) is 0 Å². The van der Waals surface area contributed by atoms with Crippen LogP contribution in [0.4, 0.5) is 0 Å². The summed E-state index contributed by atoms with van der Waals surface area (Å²) < 4.78 is 0. The lowest BCUT2D eigenvalue weighted by molar-refractivity contribution is -0.130. The number of carbonyl (C=O) groups excluding carboxylic acids is 1. The first-order valence-corrected chi connectivity index (χ1v) is 5.17. The van der Waals surface area contributed by atoms with Gasteiger partial charge >= 0.3 is 0 Å². The van der Waals surface area contributed by atoms with Gasteiger partial charge in [0.1, 0.15) is 5.78 Å². The summed E-state index contributed by atoms with van der Waals surface area (Å²) in [6.45, 7) is 1.91. The van der Waals surface area contributed by atoms with E-state index in [-0.39, 0.29) is 17.6 Å². The quantitative estimate of drug-likeness (QED) is 0.579. The van der Waals surface area contributed by atoms with Crippen LogP contribution in [-0.2, 0) is 4.79 Å². The molecule has 3 aliphatic rings. The molecule has 3 nitrogen and oxygen atoms in total. The van der Waals surface area contributed by atoms with Crippen LogP contribution in [0.5, 0.6) is 0 Å². The fraction of sp³-hybridized carbons (Fsp3) is 0.900. The number of nitrogens with zero attached hydrogens (tertiary/aromatic N) is 1. The maximum absolute atomic E-state index is 11.7. The number of aliphatic hydroxyl groups excluding tert-OH is 1. The molecule has 1 unspecified atom stereocenters. The third kappa shape index (κ3) is 1.00. The van der Waals surface area contributed by atoms with Crippen LogP contribution in [0.15, 0.2) is 0 Å². The molecule has 0 radical (unpaired) electrons. The molecule has 2 aliphatic heterocycles. The fourth-order valence-corrected chi connectivity index (χ4v) is 2.83. The minimum atomic E-state index is -0.250. The molecule has 1 N–H and O–H groups in total. The summed E-state index contributed by atoms with van der Waals surface area (Å²) >= 11 is 0. The molecule has 3 heteroatoms. The van der Waals surface area contributed by atoms with Gasteiger partial charge in [-0.15, -0.1) is 0 Å². The number of Topliss-reactive ketones (excluding diaryl/α,β-unsaturated/α-hetero) is 1. The van der Waals surface area contributed by atoms with E-state index in [9.17, 15) is 9.90 Å². The molecular weight excluding hydrogens is 166 g/mol. The van der Waals surface area contributed by atoms with Gasteiger partial charge in [-0.3, -0.25) is 9.69 Å². The molecule has 0 bridgehead atoms. The van der Waals surface area contributed by atoms with Crippen molar-refractivity contribution >= 4 is 5.78 Å². The average Bonchev–Trinajstić information content (AvgIpc) is 2.79. The van der Waals surface area contributed by atoms with Crippen LogP contribution < -0.4 is 0 Å².